The Hall–Kier alpha value is -3.15. The lowest BCUT2D eigenvalue weighted by Crippen LogP contribution is -2.58. The summed E-state index contributed by atoms with van der Waals surface area (Å²) in [6.45, 7) is 3.42. The molecular weight excluding hydrogens is 521 g/mol. The monoisotopic (exact) mass is 542 g/mol. The van der Waals surface area contributed by atoms with Gasteiger partial charge in [0.2, 0.25) is 0 Å². The molecule has 3 fully saturated rings. The molecule has 0 saturated carbocycles. The maximum Gasteiger partial charge on any atom is 0.432 e. The number of rotatable bonds is 7. The summed E-state index contributed by atoms with van der Waals surface area (Å²) in [5.41, 5.74) is -1.25. The number of hydrogen-bond donors (Lipinski definition) is 0. The molecule has 0 atom stereocenters. The third-order valence-corrected chi connectivity index (χ3v) is 6.59. The number of benzene rings is 3. The second-order valence-corrected chi connectivity index (χ2v) is 9.38. The highest BCUT2D eigenvalue weighted by Crippen LogP contribution is 2.46. The Bertz CT molecular complexity index is 1290. The summed E-state index contributed by atoms with van der Waals surface area (Å²) in [5.74, 6) is -11.4. The molecule has 3 aromatic rings. The fourth-order valence-corrected chi connectivity index (χ4v) is 4.67. The standard InChI is InChI=1S/C27H21F7O4/c1-2-7-25-12-35-27(36-13-25,37-14-25)17-5-3-15(4-6-17)16-8-19(28)23(20(29)9-16)26(33,34)38-18-10-21(30)24(32)22(31)11-18/h3-6,8-11H,2,7,12-14H2,1H3. The van der Waals surface area contributed by atoms with Crippen molar-refractivity contribution in [2.24, 2.45) is 5.41 Å². The lowest BCUT2D eigenvalue weighted by atomic mass is 9.83. The molecule has 0 N–H and O–H groups in total. The van der Waals surface area contributed by atoms with Crippen LogP contribution in [0.4, 0.5) is 30.7 Å². The summed E-state index contributed by atoms with van der Waals surface area (Å²) in [6, 6.07) is 7.75. The van der Waals surface area contributed by atoms with Crippen molar-refractivity contribution in [1.29, 1.82) is 0 Å². The molecule has 3 saturated heterocycles. The molecule has 38 heavy (non-hydrogen) atoms. The van der Waals surface area contributed by atoms with Crippen LogP contribution in [0.3, 0.4) is 0 Å². The Morgan fingerprint density at radius 1 is 0.763 bits per heavy atom. The molecular formula is C27H21F7O4. The van der Waals surface area contributed by atoms with Crippen LogP contribution in [-0.4, -0.2) is 19.8 Å². The van der Waals surface area contributed by atoms with Crippen molar-refractivity contribution in [2.75, 3.05) is 19.8 Å². The van der Waals surface area contributed by atoms with Crippen molar-refractivity contribution >= 4 is 0 Å². The minimum atomic E-state index is -4.67. The van der Waals surface area contributed by atoms with Gasteiger partial charge >= 0.3 is 12.1 Å². The van der Waals surface area contributed by atoms with Gasteiger partial charge in [-0.25, -0.2) is 22.0 Å². The molecule has 3 aromatic carbocycles. The first-order chi connectivity index (χ1) is 18.0. The smallest absolute Gasteiger partial charge is 0.429 e. The van der Waals surface area contributed by atoms with Gasteiger partial charge in [-0.05, 0) is 29.7 Å². The third kappa shape index (κ3) is 4.63. The van der Waals surface area contributed by atoms with Crippen LogP contribution in [0.25, 0.3) is 11.1 Å². The zero-order valence-electron chi connectivity index (χ0n) is 19.9. The minimum Gasteiger partial charge on any atom is -0.429 e. The van der Waals surface area contributed by atoms with E-state index in [0.29, 0.717) is 37.5 Å². The Balaban J connectivity index is 1.37. The van der Waals surface area contributed by atoms with Crippen molar-refractivity contribution in [3.8, 4) is 16.9 Å². The molecule has 11 heteroatoms. The van der Waals surface area contributed by atoms with E-state index in [1.54, 1.807) is 12.1 Å². The molecule has 0 spiro atoms. The summed E-state index contributed by atoms with van der Waals surface area (Å²) in [7, 11) is 0. The Labute approximate surface area is 212 Å². The first-order valence-electron chi connectivity index (χ1n) is 11.7. The van der Waals surface area contributed by atoms with Crippen LogP contribution in [0.2, 0.25) is 0 Å². The third-order valence-electron chi connectivity index (χ3n) is 6.59. The van der Waals surface area contributed by atoms with Crippen molar-refractivity contribution < 1.29 is 49.7 Å². The molecule has 4 nitrogen and oxygen atoms in total. The van der Waals surface area contributed by atoms with Gasteiger partial charge in [0.15, 0.2) is 17.5 Å². The zero-order chi connectivity index (χ0) is 27.3. The van der Waals surface area contributed by atoms with E-state index in [-0.39, 0.29) is 28.7 Å². The summed E-state index contributed by atoms with van der Waals surface area (Å²) in [6.07, 6.45) is -2.84. The van der Waals surface area contributed by atoms with Crippen LogP contribution in [0.5, 0.6) is 5.75 Å². The molecule has 0 unspecified atom stereocenters. The van der Waals surface area contributed by atoms with Crippen LogP contribution in [0.1, 0.15) is 30.9 Å². The summed E-state index contributed by atoms with van der Waals surface area (Å²) in [5, 5.41) is 0. The molecule has 0 amide bonds. The van der Waals surface area contributed by atoms with E-state index >= 15 is 0 Å². The van der Waals surface area contributed by atoms with Crippen molar-refractivity contribution in [2.45, 2.75) is 31.8 Å². The van der Waals surface area contributed by atoms with Gasteiger partial charge in [-0.1, -0.05) is 37.6 Å². The first-order valence-corrected chi connectivity index (χ1v) is 11.7. The number of hydrogen-bond acceptors (Lipinski definition) is 4. The topological polar surface area (TPSA) is 36.9 Å². The van der Waals surface area contributed by atoms with E-state index in [2.05, 4.69) is 11.7 Å². The van der Waals surface area contributed by atoms with Crippen molar-refractivity contribution in [1.82, 2.24) is 0 Å². The maximum absolute atomic E-state index is 14.7. The van der Waals surface area contributed by atoms with E-state index in [1.807, 2.05) is 0 Å². The van der Waals surface area contributed by atoms with Crippen LogP contribution in [-0.2, 0) is 26.3 Å². The highest BCUT2D eigenvalue weighted by Gasteiger charge is 2.53. The van der Waals surface area contributed by atoms with Crippen LogP contribution >= 0.6 is 0 Å². The van der Waals surface area contributed by atoms with Crippen molar-refractivity contribution in [3.63, 3.8) is 0 Å². The molecule has 2 bridgehead atoms. The van der Waals surface area contributed by atoms with Crippen molar-refractivity contribution in [3.05, 3.63) is 88.7 Å². The van der Waals surface area contributed by atoms with Crippen LogP contribution < -0.4 is 4.74 Å². The quantitative estimate of drug-likeness (QED) is 0.235. The summed E-state index contributed by atoms with van der Waals surface area (Å²) in [4.78, 5) is 0. The molecule has 0 aliphatic carbocycles. The van der Waals surface area contributed by atoms with E-state index in [9.17, 15) is 30.7 Å². The van der Waals surface area contributed by atoms with Gasteiger partial charge in [-0.15, -0.1) is 0 Å². The molecule has 3 aliphatic heterocycles. The fourth-order valence-electron chi connectivity index (χ4n) is 4.67. The van der Waals surface area contributed by atoms with Crippen LogP contribution in [0, 0.1) is 34.5 Å². The maximum atomic E-state index is 14.7. The highest BCUT2D eigenvalue weighted by molar-refractivity contribution is 5.64. The number of ether oxygens (including phenoxy) is 4. The summed E-state index contributed by atoms with van der Waals surface area (Å²) < 4.78 is 120. The Kier molecular flexibility index (Phi) is 6.65. The average Bonchev–Trinajstić information content (AvgIpc) is 2.87. The highest BCUT2D eigenvalue weighted by atomic mass is 19.3. The normalized spacial score (nSPS) is 23.1. The molecule has 0 radical (unpaired) electrons. The number of alkyl halides is 2. The largest absolute Gasteiger partial charge is 0.432 e. The molecule has 6 rings (SSSR count). The zero-order valence-corrected chi connectivity index (χ0v) is 19.9. The SMILES string of the molecule is CCCC12COC(c3ccc(-c4cc(F)c(C(F)(F)Oc5cc(F)c(F)c(F)c5)c(F)c4)cc3)(OC1)OC2. The molecule has 3 heterocycles. The van der Waals surface area contributed by atoms with Gasteiger partial charge in [-0.2, -0.15) is 8.78 Å². The fraction of sp³-hybridized carbons (Fsp3) is 0.333. The Morgan fingerprint density at radius 3 is 1.79 bits per heavy atom. The average molecular weight is 542 g/mol. The predicted octanol–water partition coefficient (Wildman–Crippen LogP) is 7.15. The van der Waals surface area contributed by atoms with E-state index in [0.717, 1.165) is 12.8 Å². The molecule has 202 valence electrons. The molecule has 3 aliphatic rings. The van der Waals surface area contributed by atoms with Gasteiger partial charge in [0.1, 0.15) is 22.9 Å². The second-order valence-electron chi connectivity index (χ2n) is 9.38. The van der Waals surface area contributed by atoms with Gasteiger partial charge in [0.05, 0.1) is 19.8 Å². The molecule has 0 aromatic heterocycles. The van der Waals surface area contributed by atoms with Crippen LogP contribution in [0.15, 0.2) is 48.5 Å². The minimum absolute atomic E-state index is 0.0699. The first kappa shape index (κ1) is 26.5. The lowest BCUT2D eigenvalue weighted by Gasteiger charge is -2.51. The number of fused-ring (bicyclic) bond motifs is 3. The second kappa shape index (κ2) is 9.55. The lowest BCUT2D eigenvalue weighted by molar-refractivity contribution is -0.480. The van der Waals surface area contributed by atoms with Gasteiger partial charge in [0.25, 0.3) is 0 Å². The predicted molar refractivity (Wildman–Crippen MR) is 120 cm³/mol. The Morgan fingerprint density at radius 2 is 1.29 bits per heavy atom. The van der Waals surface area contributed by atoms with Gasteiger partial charge < -0.3 is 18.9 Å². The van der Waals surface area contributed by atoms with E-state index in [1.165, 1.54) is 12.1 Å². The number of halogens is 7. The summed E-state index contributed by atoms with van der Waals surface area (Å²) >= 11 is 0. The van der Waals surface area contributed by atoms with Gasteiger partial charge in [0, 0.05) is 23.1 Å². The van der Waals surface area contributed by atoms with E-state index in [4.69, 9.17) is 14.2 Å². The van der Waals surface area contributed by atoms with E-state index < -0.39 is 52.5 Å². The van der Waals surface area contributed by atoms with Gasteiger partial charge in [-0.3, -0.25) is 0 Å².